The molecule has 1 N–H and O–H groups in total. The average Bonchev–Trinajstić information content (AvgIpc) is 2.87. The predicted molar refractivity (Wildman–Crippen MR) is 107 cm³/mol. The van der Waals surface area contributed by atoms with Crippen molar-refractivity contribution in [3.63, 3.8) is 0 Å². The molecule has 2 aromatic carbocycles. The molecule has 0 aliphatic carbocycles. The molecule has 0 bridgehead atoms. The Bertz CT molecular complexity index is 1030. The minimum atomic E-state index is -4.17. The van der Waals surface area contributed by atoms with Crippen LogP contribution in [0.25, 0.3) is 0 Å². The molecule has 0 radical (unpaired) electrons. The van der Waals surface area contributed by atoms with Gasteiger partial charge in [0.25, 0.3) is 0 Å². The first-order valence-corrected chi connectivity index (χ1v) is 10.7. The average molecular weight is 423 g/mol. The Morgan fingerprint density at radius 1 is 1.00 bits per heavy atom. The predicted octanol–water partition coefficient (Wildman–Crippen LogP) is 2.90. The van der Waals surface area contributed by atoms with E-state index < -0.39 is 27.4 Å². The van der Waals surface area contributed by atoms with Crippen LogP contribution in [0, 0.1) is 11.6 Å². The van der Waals surface area contributed by atoms with Crippen molar-refractivity contribution < 1.29 is 22.0 Å². The Hall–Kier alpha value is -2.52. The van der Waals surface area contributed by atoms with Crippen LogP contribution in [-0.4, -0.2) is 52.5 Å². The smallest absolute Gasteiger partial charge is 0.221 e. The molecule has 1 heterocycles. The third kappa shape index (κ3) is 4.73. The fourth-order valence-corrected chi connectivity index (χ4v) is 4.72. The molecule has 156 valence electrons. The second kappa shape index (κ2) is 8.46. The normalized spacial score (nSPS) is 15.8. The first-order chi connectivity index (χ1) is 13.7. The van der Waals surface area contributed by atoms with Crippen molar-refractivity contribution in [3.05, 3.63) is 48.0 Å². The van der Waals surface area contributed by atoms with Crippen molar-refractivity contribution in [1.29, 1.82) is 0 Å². The van der Waals surface area contributed by atoms with E-state index in [1.165, 1.54) is 13.0 Å². The number of carbonyl (C=O) groups excluding carboxylic acids is 1. The molecule has 9 heteroatoms. The van der Waals surface area contributed by atoms with E-state index in [1.54, 1.807) is 12.1 Å². The second-order valence-corrected chi connectivity index (χ2v) is 9.00. The largest absolute Gasteiger partial charge is 0.370 e. The van der Waals surface area contributed by atoms with Gasteiger partial charge in [0, 0.05) is 32.2 Å². The molecule has 1 aliphatic heterocycles. The lowest BCUT2D eigenvalue weighted by atomic mass is 10.2. The van der Waals surface area contributed by atoms with Gasteiger partial charge in [-0.05, 0) is 56.4 Å². The number of hydrogen-bond acceptors (Lipinski definition) is 5. The molecule has 2 aromatic rings. The lowest BCUT2D eigenvalue weighted by Gasteiger charge is -2.24. The Morgan fingerprint density at radius 3 is 2.45 bits per heavy atom. The maximum Gasteiger partial charge on any atom is 0.221 e. The summed E-state index contributed by atoms with van der Waals surface area (Å²) in [6.07, 6.45) is 0.959. The highest BCUT2D eigenvalue weighted by atomic mass is 32.2. The van der Waals surface area contributed by atoms with Gasteiger partial charge in [-0.15, -0.1) is 0 Å². The van der Waals surface area contributed by atoms with Crippen LogP contribution in [0.5, 0.6) is 0 Å². The number of benzene rings is 2. The monoisotopic (exact) mass is 423 g/mol. The van der Waals surface area contributed by atoms with Gasteiger partial charge in [0.2, 0.25) is 15.7 Å². The van der Waals surface area contributed by atoms with Gasteiger partial charge < -0.3 is 15.1 Å². The molecule has 1 amide bonds. The summed E-state index contributed by atoms with van der Waals surface area (Å²) in [5.41, 5.74) is 0.894. The number of hydrogen-bond donors (Lipinski definition) is 1. The van der Waals surface area contributed by atoms with E-state index in [2.05, 4.69) is 15.1 Å². The first-order valence-electron chi connectivity index (χ1n) is 9.24. The summed E-state index contributed by atoms with van der Waals surface area (Å²) in [6.45, 7) is 4.69. The fourth-order valence-electron chi connectivity index (χ4n) is 3.31. The summed E-state index contributed by atoms with van der Waals surface area (Å²) in [5, 5.41) is 2.56. The van der Waals surface area contributed by atoms with Crippen LogP contribution >= 0.6 is 0 Å². The summed E-state index contributed by atoms with van der Waals surface area (Å²) >= 11 is 0. The second-order valence-electron chi connectivity index (χ2n) is 7.08. The van der Waals surface area contributed by atoms with E-state index >= 15 is 0 Å². The summed E-state index contributed by atoms with van der Waals surface area (Å²) in [5.74, 6) is -2.82. The minimum absolute atomic E-state index is 0.109. The van der Waals surface area contributed by atoms with Crippen LogP contribution in [-0.2, 0) is 14.6 Å². The van der Waals surface area contributed by atoms with Crippen LogP contribution in [0.2, 0.25) is 0 Å². The van der Waals surface area contributed by atoms with Crippen molar-refractivity contribution in [3.8, 4) is 0 Å². The quantitative estimate of drug-likeness (QED) is 0.766. The molecular formula is C20H23F2N3O3S. The van der Waals surface area contributed by atoms with Crippen molar-refractivity contribution in [2.24, 2.45) is 0 Å². The molecule has 0 spiro atoms. The standard InChI is InChI=1S/C20H23F2N3O3S/c1-14(26)23-19-12-15(25-9-3-8-24(2)10-11-25)4-7-20(19)29(27,28)16-5-6-17(21)18(22)13-16/h4-7,12-13H,3,8-11H2,1-2H3,(H,23,26). The van der Waals surface area contributed by atoms with Gasteiger partial charge in [-0.2, -0.15) is 0 Å². The molecule has 29 heavy (non-hydrogen) atoms. The third-order valence-corrected chi connectivity index (χ3v) is 6.66. The molecule has 0 atom stereocenters. The maximum atomic E-state index is 13.6. The zero-order valence-corrected chi connectivity index (χ0v) is 17.1. The molecule has 6 nitrogen and oxygen atoms in total. The Labute approximate surface area is 169 Å². The van der Waals surface area contributed by atoms with Gasteiger partial charge in [-0.25, -0.2) is 17.2 Å². The summed E-state index contributed by atoms with van der Waals surface area (Å²) in [6, 6.07) is 7.09. The van der Waals surface area contributed by atoms with E-state index in [4.69, 9.17) is 0 Å². The number of anilines is 2. The van der Waals surface area contributed by atoms with Crippen LogP contribution in [0.3, 0.4) is 0 Å². The highest BCUT2D eigenvalue weighted by molar-refractivity contribution is 7.91. The first kappa shape index (κ1) is 21.2. The van der Waals surface area contributed by atoms with Crippen molar-refractivity contribution in [1.82, 2.24) is 4.90 Å². The van der Waals surface area contributed by atoms with Crippen LogP contribution in [0.15, 0.2) is 46.2 Å². The number of carbonyl (C=O) groups is 1. The molecule has 1 fully saturated rings. The maximum absolute atomic E-state index is 13.6. The van der Waals surface area contributed by atoms with Crippen molar-refractivity contribution in [2.45, 2.75) is 23.1 Å². The van der Waals surface area contributed by atoms with Gasteiger partial charge in [0.1, 0.15) is 0 Å². The Morgan fingerprint density at radius 2 is 1.76 bits per heavy atom. The highest BCUT2D eigenvalue weighted by Gasteiger charge is 2.25. The summed E-state index contributed by atoms with van der Waals surface area (Å²) < 4.78 is 52.9. The van der Waals surface area contributed by atoms with Gasteiger partial charge in [-0.3, -0.25) is 4.79 Å². The highest BCUT2D eigenvalue weighted by Crippen LogP contribution is 2.32. The van der Waals surface area contributed by atoms with E-state index in [9.17, 15) is 22.0 Å². The number of halogens is 2. The van der Waals surface area contributed by atoms with Crippen LogP contribution in [0.1, 0.15) is 13.3 Å². The van der Waals surface area contributed by atoms with Gasteiger partial charge >= 0.3 is 0 Å². The molecule has 1 saturated heterocycles. The number of nitrogens with zero attached hydrogens (tertiary/aromatic N) is 2. The lowest BCUT2D eigenvalue weighted by Crippen LogP contribution is -2.28. The zero-order chi connectivity index (χ0) is 21.2. The molecule has 3 rings (SSSR count). The number of likely N-dealkylation sites (N-methyl/N-ethyl adjacent to an activating group) is 1. The lowest BCUT2D eigenvalue weighted by molar-refractivity contribution is -0.114. The minimum Gasteiger partial charge on any atom is -0.370 e. The molecular weight excluding hydrogens is 400 g/mol. The molecule has 0 unspecified atom stereocenters. The summed E-state index contributed by atoms with van der Waals surface area (Å²) in [4.78, 5) is 15.5. The van der Waals surface area contributed by atoms with Crippen LogP contribution in [0.4, 0.5) is 20.2 Å². The van der Waals surface area contributed by atoms with Gasteiger partial charge in [0.05, 0.1) is 15.5 Å². The number of amides is 1. The Balaban J connectivity index is 2.03. The molecule has 1 aliphatic rings. The van der Waals surface area contributed by atoms with E-state index in [0.717, 1.165) is 50.4 Å². The van der Waals surface area contributed by atoms with Crippen LogP contribution < -0.4 is 10.2 Å². The SMILES string of the molecule is CC(=O)Nc1cc(N2CCCN(C)CC2)ccc1S(=O)(=O)c1ccc(F)c(F)c1. The van der Waals surface area contributed by atoms with Gasteiger partial charge in [0.15, 0.2) is 11.6 Å². The van der Waals surface area contributed by atoms with E-state index in [1.807, 2.05) is 7.05 Å². The van der Waals surface area contributed by atoms with Crippen molar-refractivity contribution >= 4 is 27.1 Å². The van der Waals surface area contributed by atoms with E-state index in [-0.39, 0.29) is 15.5 Å². The number of nitrogens with one attached hydrogen (secondary N) is 1. The third-order valence-electron chi connectivity index (χ3n) is 4.85. The number of rotatable bonds is 4. The topological polar surface area (TPSA) is 69.7 Å². The zero-order valence-electron chi connectivity index (χ0n) is 16.3. The fraction of sp³-hybridized carbons (Fsp3) is 0.350. The molecule has 0 saturated carbocycles. The Kier molecular flexibility index (Phi) is 6.18. The van der Waals surface area contributed by atoms with E-state index in [0.29, 0.717) is 6.07 Å². The molecule has 0 aromatic heterocycles. The number of sulfone groups is 1. The summed E-state index contributed by atoms with van der Waals surface area (Å²) in [7, 11) is -2.12. The van der Waals surface area contributed by atoms with Crippen molar-refractivity contribution in [2.75, 3.05) is 43.4 Å². The van der Waals surface area contributed by atoms with Gasteiger partial charge in [-0.1, -0.05) is 0 Å².